The van der Waals surface area contributed by atoms with Crippen LogP contribution in [0.25, 0.3) is 0 Å². The molecule has 0 amide bonds. The lowest BCUT2D eigenvalue weighted by atomic mass is 10.2. The molecule has 0 aliphatic heterocycles. The Hall–Kier alpha value is -2.37. The van der Waals surface area contributed by atoms with Crippen molar-refractivity contribution in [2.45, 2.75) is 6.61 Å². The number of halogens is 2. The number of benzene rings is 2. The van der Waals surface area contributed by atoms with Gasteiger partial charge in [-0.3, -0.25) is 5.43 Å². The second-order valence-corrected chi connectivity index (χ2v) is 6.54. The fourth-order valence-corrected chi connectivity index (χ4v) is 2.51. The Labute approximate surface area is 159 Å². The molecule has 0 spiro atoms. The van der Waals surface area contributed by atoms with Gasteiger partial charge in [0.05, 0.1) is 6.21 Å². The second kappa shape index (κ2) is 8.65. The maximum absolute atomic E-state index is 6.09. The molecule has 6 heteroatoms. The van der Waals surface area contributed by atoms with Crippen LogP contribution in [0.3, 0.4) is 0 Å². The highest BCUT2D eigenvalue weighted by molar-refractivity contribution is 9.10. The van der Waals surface area contributed by atoms with Crippen molar-refractivity contribution in [3.63, 3.8) is 0 Å². The van der Waals surface area contributed by atoms with Gasteiger partial charge in [0.25, 0.3) is 0 Å². The molecular formula is C19H15BrClN3O. The molecule has 0 atom stereocenters. The van der Waals surface area contributed by atoms with Gasteiger partial charge in [0.2, 0.25) is 0 Å². The molecule has 1 N–H and O–H groups in total. The lowest BCUT2D eigenvalue weighted by Gasteiger charge is -2.09. The van der Waals surface area contributed by atoms with E-state index in [1.165, 1.54) is 0 Å². The number of nitrogens with zero attached hydrogens (tertiary/aromatic N) is 2. The molecule has 4 nitrogen and oxygen atoms in total. The summed E-state index contributed by atoms with van der Waals surface area (Å²) in [5, 5.41) is 4.83. The Kier molecular flexibility index (Phi) is 6.04. The van der Waals surface area contributed by atoms with Crippen LogP contribution in [-0.2, 0) is 6.61 Å². The minimum atomic E-state index is 0.477. The van der Waals surface area contributed by atoms with Crippen LogP contribution in [0.1, 0.15) is 11.1 Å². The zero-order chi connectivity index (χ0) is 17.5. The third-order valence-corrected chi connectivity index (χ3v) is 4.02. The molecule has 0 aliphatic carbocycles. The van der Waals surface area contributed by atoms with Crippen molar-refractivity contribution >= 4 is 39.6 Å². The van der Waals surface area contributed by atoms with Crippen LogP contribution in [0.4, 0.5) is 5.82 Å². The van der Waals surface area contributed by atoms with Gasteiger partial charge in [-0.2, -0.15) is 5.10 Å². The zero-order valence-electron chi connectivity index (χ0n) is 13.2. The molecule has 0 fully saturated rings. The Morgan fingerprint density at radius 2 is 1.96 bits per heavy atom. The van der Waals surface area contributed by atoms with E-state index in [9.17, 15) is 0 Å². The van der Waals surface area contributed by atoms with Gasteiger partial charge in [-0.1, -0.05) is 41.9 Å². The molecule has 0 unspecified atom stereocenters. The van der Waals surface area contributed by atoms with Gasteiger partial charge in [0, 0.05) is 21.3 Å². The normalized spacial score (nSPS) is 10.8. The summed E-state index contributed by atoms with van der Waals surface area (Å²) in [5.74, 6) is 1.36. The lowest BCUT2D eigenvalue weighted by molar-refractivity contribution is 0.306. The van der Waals surface area contributed by atoms with Crippen LogP contribution in [0.5, 0.6) is 5.75 Å². The van der Waals surface area contributed by atoms with E-state index < -0.39 is 0 Å². The van der Waals surface area contributed by atoms with E-state index in [2.05, 4.69) is 31.4 Å². The van der Waals surface area contributed by atoms with Crippen LogP contribution in [0.15, 0.2) is 76.4 Å². The molecule has 0 saturated carbocycles. The van der Waals surface area contributed by atoms with E-state index in [0.717, 1.165) is 15.6 Å². The van der Waals surface area contributed by atoms with Crippen molar-refractivity contribution in [1.29, 1.82) is 0 Å². The molecule has 1 aromatic heterocycles. The SMILES string of the molecule is Clc1ccc(OCc2ccccc2)c(/C=N/Nc2ccc(Br)cn2)c1. The predicted octanol–water partition coefficient (Wildman–Crippen LogP) is 5.52. The Morgan fingerprint density at radius 3 is 2.72 bits per heavy atom. The van der Waals surface area contributed by atoms with E-state index in [4.69, 9.17) is 16.3 Å². The van der Waals surface area contributed by atoms with E-state index in [1.54, 1.807) is 18.5 Å². The lowest BCUT2D eigenvalue weighted by Crippen LogP contribution is -1.99. The number of anilines is 1. The summed E-state index contributed by atoms with van der Waals surface area (Å²) >= 11 is 9.44. The number of rotatable bonds is 6. The average molecular weight is 417 g/mol. The molecule has 3 aromatic rings. The van der Waals surface area contributed by atoms with Gasteiger partial charge in [0.15, 0.2) is 0 Å². The maximum atomic E-state index is 6.09. The van der Waals surface area contributed by atoms with Gasteiger partial charge in [-0.15, -0.1) is 0 Å². The topological polar surface area (TPSA) is 46.5 Å². The van der Waals surface area contributed by atoms with Crippen molar-refractivity contribution in [3.8, 4) is 5.75 Å². The molecular weight excluding hydrogens is 402 g/mol. The summed E-state index contributed by atoms with van der Waals surface area (Å²) in [6.45, 7) is 0.477. The van der Waals surface area contributed by atoms with Crippen LogP contribution in [0.2, 0.25) is 5.02 Å². The molecule has 3 rings (SSSR count). The first-order valence-electron chi connectivity index (χ1n) is 7.57. The quantitative estimate of drug-likeness (QED) is 0.425. The number of nitrogens with one attached hydrogen (secondary N) is 1. The molecule has 0 radical (unpaired) electrons. The van der Waals surface area contributed by atoms with E-state index in [1.807, 2.05) is 54.6 Å². The first-order chi connectivity index (χ1) is 12.2. The van der Waals surface area contributed by atoms with Crippen LogP contribution in [0, 0.1) is 0 Å². The standard InChI is InChI=1S/C19H15BrClN3O/c20-16-6-9-19(22-12-16)24-23-11-15-10-17(21)7-8-18(15)25-13-14-4-2-1-3-5-14/h1-12H,13H2,(H,22,24)/b23-11+. The molecule has 0 aliphatic rings. The summed E-state index contributed by atoms with van der Waals surface area (Å²) in [4.78, 5) is 4.20. The van der Waals surface area contributed by atoms with Gasteiger partial charge in [0.1, 0.15) is 18.2 Å². The molecule has 126 valence electrons. The molecule has 0 bridgehead atoms. The van der Waals surface area contributed by atoms with Crippen molar-refractivity contribution in [2.75, 3.05) is 5.43 Å². The molecule has 2 aromatic carbocycles. The minimum Gasteiger partial charge on any atom is -0.488 e. The van der Waals surface area contributed by atoms with Crippen molar-refractivity contribution in [3.05, 3.63) is 87.5 Å². The zero-order valence-corrected chi connectivity index (χ0v) is 15.5. The number of ether oxygens (including phenoxy) is 1. The summed E-state index contributed by atoms with van der Waals surface area (Å²) < 4.78 is 6.81. The number of hydrogen-bond acceptors (Lipinski definition) is 4. The highest BCUT2D eigenvalue weighted by Crippen LogP contribution is 2.22. The summed E-state index contributed by atoms with van der Waals surface area (Å²) in [6, 6.07) is 19.1. The molecule has 1 heterocycles. The van der Waals surface area contributed by atoms with Gasteiger partial charge in [-0.25, -0.2) is 4.98 Å². The van der Waals surface area contributed by atoms with Crippen molar-refractivity contribution in [1.82, 2.24) is 4.98 Å². The van der Waals surface area contributed by atoms with E-state index >= 15 is 0 Å². The van der Waals surface area contributed by atoms with Crippen LogP contribution < -0.4 is 10.2 Å². The number of hydrazone groups is 1. The van der Waals surface area contributed by atoms with Crippen molar-refractivity contribution < 1.29 is 4.74 Å². The largest absolute Gasteiger partial charge is 0.488 e. The maximum Gasteiger partial charge on any atom is 0.146 e. The second-order valence-electron chi connectivity index (χ2n) is 5.19. The Bertz CT molecular complexity index is 854. The smallest absolute Gasteiger partial charge is 0.146 e. The monoisotopic (exact) mass is 415 g/mol. The first kappa shape index (κ1) is 17.5. The van der Waals surface area contributed by atoms with Gasteiger partial charge in [-0.05, 0) is 51.8 Å². The van der Waals surface area contributed by atoms with Crippen LogP contribution in [-0.4, -0.2) is 11.2 Å². The van der Waals surface area contributed by atoms with E-state index in [0.29, 0.717) is 23.2 Å². The Morgan fingerprint density at radius 1 is 1.12 bits per heavy atom. The Balaban J connectivity index is 1.70. The third-order valence-electron chi connectivity index (χ3n) is 3.32. The average Bonchev–Trinajstić information content (AvgIpc) is 2.63. The van der Waals surface area contributed by atoms with Gasteiger partial charge >= 0.3 is 0 Å². The predicted molar refractivity (Wildman–Crippen MR) is 105 cm³/mol. The first-order valence-corrected chi connectivity index (χ1v) is 8.75. The fourth-order valence-electron chi connectivity index (χ4n) is 2.10. The minimum absolute atomic E-state index is 0.477. The molecule has 0 saturated heterocycles. The number of pyridine rings is 1. The molecule has 25 heavy (non-hydrogen) atoms. The third kappa shape index (κ3) is 5.31. The summed E-state index contributed by atoms with van der Waals surface area (Å²) in [5.41, 5.74) is 4.76. The van der Waals surface area contributed by atoms with E-state index in [-0.39, 0.29) is 0 Å². The highest BCUT2D eigenvalue weighted by Gasteiger charge is 2.04. The van der Waals surface area contributed by atoms with Crippen molar-refractivity contribution in [2.24, 2.45) is 5.10 Å². The highest BCUT2D eigenvalue weighted by atomic mass is 79.9. The van der Waals surface area contributed by atoms with Gasteiger partial charge < -0.3 is 4.74 Å². The summed E-state index contributed by atoms with van der Waals surface area (Å²) in [7, 11) is 0. The fraction of sp³-hybridized carbons (Fsp3) is 0.0526. The number of aromatic nitrogens is 1. The summed E-state index contributed by atoms with van der Waals surface area (Å²) in [6.07, 6.45) is 3.36. The van der Waals surface area contributed by atoms with Crippen LogP contribution >= 0.6 is 27.5 Å². The number of hydrogen-bond donors (Lipinski definition) is 1.